The molecule has 29 heavy (non-hydrogen) atoms. The van der Waals surface area contributed by atoms with Crippen LogP contribution in [0.1, 0.15) is 56.6 Å². The van der Waals surface area contributed by atoms with E-state index in [1.165, 1.54) is 0 Å². The molecular weight excluding hydrogens is 372 g/mol. The van der Waals surface area contributed by atoms with E-state index in [2.05, 4.69) is 24.3 Å². The molecule has 1 fully saturated rings. The summed E-state index contributed by atoms with van der Waals surface area (Å²) in [6, 6.07) is 5.19. The number of rotatable bonds is 8. The van der Waals surface area contributed by atoms with E-state index in [-0.39, 0.29) is 12.5 Å². The number of aryl methyl sites for hydroxylation is 2. The Morgan fingerprint density at radius 1 is 1.28 bits per heavy atom. The van der Waals surface area contributed by atoms with Crippen LogP contribution in [0, 0.1) is 5.92 Å². The average Bonchev–Trinajstić information content (AvgIpc) is 3.14. The monoisotopic (exact) mass is 402 g/mol. The Balaban J connectivity index is 1.95. The number of ether oxygens (including phenoxy) is 3. The number of benzene rings is 1. The van der Waals surface area contributed by atoms with Crippen molar-refractivity contribution < 1.29 is 19.0 Å². The van der Waals surface area contributed by atoms with Crippen LogP contribution in [-0.4, -0.2) is 41.5 Å². The van der Waals surface area contributed by atoms with Gasteiger partial charge in [-0.1, -0.05) is 19.9 Å². The number of hydrogen-bond donors (Lipinski definition) is 1. The van der Waals surface area contributed by atoms with Crippen LogP contribution in [0.3, 0.4) is 0 Å². The second-order valence-corrected chi connectivity index (χ2v) is 7.53. The molecule has 8 heteroatoms. The van der Waals surface area contributed by atoms with E-state index in [9.17, 15) is 4.79 Å². The summed E-state index contributed by atoms with van der Waals surface area (Å²) in [5.74, 6) is 3.18. The smallest absolute Gasteiger partial charge is 0.246 e. The van der Waals surface area contributed by atoms with Gasteiger partial charge in [-0.15, -0.1) is 0 Å². The van der Waals surface area contributed by atoms with Crippen molar-refractivity contribution in [2.24, 2.45) is 5.92 Å². The first-order valence-electron chi connectivity index (χ1n) is 10.0. The molecule has 1 aromatic heterocycles. The Morgan fingerprint density at radius 3 is 2.69 bits per heavy atom. The van der Waals surface area contributed by atoms with Crippen LogP contribution < -0.4 is 14.8 Å². The number of morpholine rings is 1. The summed E-state index contributed by atoms with van der Waals surface area (Å²) in [6.45, 7) is 7.06. The normalized spacial score (nSPS) is 19.3. The van der Waals surface area contributed by atoms with E-state index in [0.29, 0.717) is 24.0 Å². The number of amides is 1. The highest BCUT2D eigenvalue weighted by molar-refractivity contribution is 5.78. The predicted molar refractivity (Wildman–Crippen MR) is 108 cm³/mol. The van der Waals surface area contributed by atoms with Crippen molar-refractivity contribution >= 4 is 5.91 Å². The van der Waals surface area contributed by atoms with Crippen molar-refractivity contribution in [3.05, 3.63) is 35.4 Å². The molecule has 2 atom stereocenters. The lowest BCUT2D eigenvalue weighted by Gasteiger charge is -2.32. The number of nitrogens with zero attached hydrogens (tertiary/aromatic N) is 3. The predicted octanol–water partition coefficient (Wildman–Crippen LogP) is 2.83. The third-order valence-corrected chi connectivity index (χ3v) is 5.02. The Labute approximate surface area is 171 Å². The summed E-state index contributed by atoms with van der Waals surface area (Å²) < 4.78 is 18.6. The Kier molecular flexibility index (Phi) is 6.74. The van der Waals surface area contributed by atoms with Crippen molar-refractivity contribution in [3.63, 3.8) is 0 Å². The van der Waals surface area contributed by atoms with Gasteiger partial charge in [-0.25, -0.2) is 9.67 Å². The quantitative estimate of drug-likeness (QED) is 0.731. The van der Waals surface area contributed by atoms with Crippen LogP contribution in [0.25, 0.3) is 0 Å². The first kappa shape index (κ1) is 21.1. The molecule has 1 saturated heterocycles. The molecule has 1 N–H and O–H groups in total. The topological polar surface area (TPSA) is 87.5 Å². The molecule has 2 heterocycles. The number of methoxy groups -OCH3 is 2. The molecule has 158 valence electrons. The summed E-state index contributed by atoms with van der Waals surface area (Å²) in [4.78, 5) is 16.9. The maximum absolute atomic E-state index is 12.1. The lowest BCUT2D eigenvalue weighted by molar-refractivity contribution is -0.138. The van der Waals surface area contributed by atoms with Crippen LogP contribution in [0.15, 0.2) is 18.2 Å². The van der Waals surface area contributed by atoms with Crippen molar-refractivity contribution in [3.8, 4) is 11.5 Å². The molecule has 1 aromatic carbocycles. The second kappa shape index (κ2) is 9.26. The second-order valence-electron chi connectivity index (χ2n) is 7.53. The summed E-state index contributed by atoms with van der Waals surface area (Å²) in [5.41, 5.74) is 0.857. The number of carbonyl (C=O) groups excluding carboxylic acids is 1. The van der Waals surface area contributed by atoms with Gasteiger partial charge in [0.15, 0.2) is 23.1 Å². The van der Waals surface area contributed by atoms with Crippen LogP contribution in [-0.2, 0) is 22.5 Å². The third kappa shape index (κ3) is 4.70. The Bertz CT molecular complexity index is 849. The van der Waals surface area contributed by atoms with Gasteiger partial charge in [0, 0.05) is 13.0 Å². The van der Waals surface area contributed by atoms with Gasteiger partial charge in [0.2, 0.25) is 5.91 Å². The van der Waals surface area contributed by atoms with Crippen LogP contribution in [0.5, 0.6) is 11.5 Å². The summed E-state index contributed by atoms with van der Waals surface area (Å²) in [5, 5.41) is 7.69. The first-order chi connectivity index (χ1) is 14.0. The fourth-order valence-corrected chi connectivity index (χ4v) is 3.45. The van der Waals surface area contributed by atoms with Crippen LogP contribution >= 0.6 is 0 Å². The minimum atomic E-state index is -0.439. The molecule has 0 aliphatic carbocycles. The van der Waals surface area contributed by atoms with E-state index in [0.717, 1.165) is 30.1 Å². The zero-order valence-corrected chi connectivity index (χ0v) is 17.8. The first-order valence-corrected chi connectivity index (χ1v) is 10.0. The largest absolute Gasteiger partial charge is 0.493 e. The SMILES string of the molecule is CCn1nc(CCC(C)C)nc1[C@H]1OCC(=O)N[C@@H]1c1ccc(OC)c(OC)c1. The fourth-order valence-electron chi connectivity index (χ4n) is 3.45. The lowest BCUT2D eigenvalue weighted by atomic mass is 9.98. The number of carbonyl (C=O) groups is 1. The van der Waals surface area contributed by atoms with Crippen molar-refractivity contribution in [2.45, 2.75) is 52.3 Å². The van der Waals surface area contributed by atoms with Gasteiger partial charge in [-0.2, -0.15) is 5.10 Å². The van der Waals surface area contributed by atoms with E-state index in [1.54, 1.807) is 14.2 Å². The van der Waals surface area contributed by atoms with Gasteiger partial charge in [0.25, 0.3) is 0 Å². The average molecular weight is 402 g/mol. The molecule has 0 spiro atoms. The third-order valence-electron chi connectivity index (χ3n) is 5.02. The molecule has 1 amide bonds. The summed E-state index contributed by atoms with van der Waals surface area (Å²) >= 11 is 0. The minimum absolute atomic E-state index is 0.00758. The van der Waals surface area contributed by atoms with Gasteiger partial charge >= 0.3 is 0 Å². The van der Waals surface area contributed by atoms with Crippen LogP contribution in [0.2, 0.25) is 0 Å². The van der Waals surface area contributed by atoms with Crippen molar-refractivity contribution in [2.75, 3.05) is 20.8 Å². The summed E-state index contributed by atoms with van der Waals surface area (Å²) in [6.07, 6.45) is 1.40. The zero-order chi connectivity index (χ0) is 21.0. The van der Waals surface area contributed by atoms with Gasteiger partial charge < -0.3 is 19.5 Å². The highest BCUT2D eigenvalue weighted by atomic mass is 16.5. The van der Waals surface area contributed by atoms with Gasteiger partial charge in [0.1, 0.15) is 12.7 Å². The van der Waals surface area contributed by atoms with E-state index < -0.39 is 12.1 Å². The molecule has 2 aromatic rings. The highest BCUT2D eigenvalue weighted by Gasteiger charge is 2.36. The Morgan fingerprint density at radius 2 is 2.03 bits per heavy atom. The minimum Gasteiger partial charge on any atom is -0.493 e. The molecule has 1 aliphatic heterocycles. The van der Waals surface area contributed by atoms with Gasteiger partial charge in [0.05, 0.1) is 20.3 Å². The van der Waals surface area contributed by atoms with Crippen molar-refractivity contribution in [1.29, 1.82) is 0 Å². The van der Waals surface area contributed by atoms with E-state index in [4.69, 9.17) is 19.2 Å². The van der Waals surface area contributed by atoms with E-state index in [1.807, 2.05) is 29.8 Å². The number of aromatic nitrogens is 3. The van der Waals surface area contributed by atoms with Gasteiger partial charge in [-0.3, -0.25) is 4.79 Å². The molecule has 0 radical (unpaired) electrons. The number of nitrogens with one attached hydrogen (secondary N) is 1. The molecule has 0 bridgehead atoms. The molecule has 8 nitrogen and oxygen atoms in total. The fraction of sp³-hybridized carbons (Fsp3) is 0.571. The standard InChI is InChI=1S/C21H30N4O4/c1-6-25-21(22-17(24-25)10-7-13(2)3)20-19(23-18(26)12-29-20)14-8-9-15(27-4)16(11-14)28-5/h8-9,11,13,19-20H,6-7,10,12H2,1-5H3,(H,23,26)/t19-,20+/m1/s1. The highest BCUT2D eigenvalue weighted by Crippen LogP contribution is 2.37. The molecule has 0 saturated carbocycles. The van der Waals surface area contributed by atoms with Crippen LogP contribution in [0.4, 0.5) is 0 Å². The molecule has 0 unspecified atom stereocenters. The Hall–Kier alpha value is -2.61. The molecule has 3 rings (SSSR count). The van der Waals surface area contributed by atoms with E-state index >= 15 is 0 Å². The summed E-state index contributed by atoms with van der Waals surface area (Å²) in [7, 11) is 3.18. The maximum atomic E-state index is 12.1. The van der Waals surface area contributed by atoms with Crippen molar-refractivity contribution in [1.82, 2.24) is 20.1 Å². The van der Waals surface area contributed by atoms with Gasteiger partial charge in [-0.05, 0) is 37.0 Å². The molecular formula is C21H30N4O4. The zero-order valence-electron chi connectivity index (χ0n) is 17.8. The lowest BCUT2D eigenvalue weighted by Crippen LogP contribution is -2.42. The maximum Gasteiger partial charge on any atom is 0.246 e. The molecule has 1 aliphatic rings. The number of hydrogen-bond acceptors (Lipinski definition) is 6.